The molecule has 0 unspecified atom stereocenters. The van der Waals surface area contributed by atoms with Gasteiger partial charge in [0.15, 0.2) is 0 Å². The number of anilines is 1. The summed E-state index contributed by atoms with van der Waals surface area (Å²) in [5.41, 5.74) is 13.1. The maximum atomic E-state index is 13.6. The first-order valence-corrected chi connectivity index (χ1v) is 14.8. The molecule has 0 spiro atoms. The fourth-order valence-corrected chi connectivity index (χ4v) is 5.92. The molecule has 0 saturated carbocycles. The van der Waals surface area contributed by atoms with E-state index in [4.69, 9.17) is 10.7 Å². The lowest BCUT2D eigenvalue weighted by molar-refractivity contribution is 0.671. The molecule has 212 valence electrons. The summed E-state index contributed by atoms with van der Waals surface area (Å²) in [6, 6.07) is 39.8. The monoisotopic (exact) mass is 563 g/mol. The molecule has 3 N–H and O–H groups in total. The number of hydrogen-bond donors (Lipinski definition) is 2. The first-order chi connectivity index (χ1) is 21.2. The molecule has 43 heavy (non-hydrogen) atoms. The Morgan fingerprint density at radius 3 is 2.09 bits per heavy atom. The number of nitrogens with zero attached hydrogens (tertiary/aromatic N) is 3. The zero-order valence-corrected chi connectivity index (χ0v) is 23.9. The van der Waals surface area contributed by atoms with Crippen LogP contribution in [0.2, 0.25) is 0 Å². The molecular formula is C37H33N5O. The molecule has 5 aromatic carbocycles. The molecular weight excluding hydrogens is 530 g/mol. The predicted octanol–water partition coefficient (Wildman–Crippen LogP) is 7.25. The number of fused-ring (bicyclic) bond motifs is 3. The quantitative estimate of drug-likeness (QED) is 0.181. The minimum absolute atomic E-state index is 0.198. The van der Waals surface area contributed by atoms with Crippen LogP contribution in [0, 0.1) is 0 Å². The van der Waals surface area contributed by atoms with E-state index >= 15 is 0 Å². The molecule has 0 bridgehead atoms. The zero-order valence-electron chi connectivity index (χ0n) is 23.9. The van der Waals surface area contributed by atoms with Gasteiger partial charge in [-0.3, -0.25) is 4.79 Å². The predicted molar refractivity (Wildman–Crippen MR) is 177 cm³/mol. The maximum absolute atomic E-state index is 13.6. The van der Waals surface area contributed by atoms with E-state index in [1.54, 1.807) is 0 Å². The fraction of sp³-hybridized carbons (Fsp3) is 0.135. The lowest BCUT2D eigenvalue weighted by atomic mass is 10.1. The molecule has 7 aromatic rings. The van der Waals surface area contributed by atoms with Gasteiger partial charge in [-0.15, -0.1) is 0 Å². The number of nitrogens with two attached hydrogens (primary N) is 1. The highest BCUT2D eigenvalue weighted by molar-refractivity contribution is 5.99. The molecule has 6 nitrogen and oxygen atoms in total. The van der Waals surface area contributed by atoms with Crippen LogP contribution < -0.4 is 16.2 Å². The number of hydrogen-bond acceptors (Lipinski definition) is 4. The SMILES string of the molecule is NCCCn1cc(-c2nc3cc4ccccc4cc3[nH]c2=O)c2cc(N(Cc3ccccc3)Cc3ccccc3)ccc21. The van der Waals surface area contributed by atoms with E-state index in [2.05, 4.69) is 93.4 Å². The van der Waals surface area contributed by atoms with Gasteiger partial charge in [0.1, 0.15) is 5.69 Å². The summed E-state index contributed by atoms with van der Waals surface area (Å²) >= 11 is 0. The Balaban J connectivity index is 1.38. The molecule has 0 radical (unpaired) electrons. The summed E-state index contributed by atoms with van der Waals surface area (Å²) in [6.07, 6.45) is 2.90. The van der Waals surface area contributed by atoms with Crippen LogP contribution in [0.3, 0.4) is 0 Å². The van der Waals surface area contributed by atoms with Gasteiger partial charge in [0.2, 0.25) is 0 Å². The zero-order chi connectivity index (χ0) is 29.2. The molecule has 0 saturated heterocycles. The second-order valence-corrected chi connectivity index (χ2v) is 11.0. The third-order valence-electron chi connectivity index (χ3n) is 8.08. The second-order valence-electron chi connectivity index (χ2n) is 11.0. The average molecular weight is 564 g/mol. The molecule has 0 aliphatic heterocycles. The van der Waals surface area contributed by atoms with E-state index in [0.717, 1.165) is 70.0 Å². The van der Waals surface area contributed by atoms with Gasteiger partial charge in [0.05, 0.1) is 11.0 Å². The van der Waals surface area contributed by atoms with Crippen LogP contribution in [0.4, 0.5) is 5.69 Å². The number of rotatable bonds is 9. The number of benzene rings is 5. The number of aromatic amines is 1. The van der Waals surface area contributed by atoms with Gasteiger partial charge in [-0.1, -0.05) is 84.9 Å². The van der Waals surface area contributed by atoms with Crippen molar-refractivity contribution in [2.24, 2.45) is 5.73 Å². The van der Waals surface area contributed by atoms with Crippen molar-refractivity contribution < 1.29 is 0 Å². The van der Waals surface area contributed by atoms with E-state index in [-0.39, 0.29) is 5.56 Å². The van der Waals surface area contributed by atoms with E-state index in [0.29, 0.717) is 12.2 Å². The first-order valence-electron chi connectivity index (χ1n) is 14.8. The lowest BCUT2D eigenvalue weighted by Crippen LogP contribution is -2.22. The maximum Gasteiger partial charge on any atom is 0.275 e. The van der Waals surface area contributed by atoms with Crippen LogP contribution in [-0.2, 0) is 19.6 Å². The van der Waals surface area contributed by atoms with Gasteiger partial charge >= 0.3 is 0 Å². The highest BCUT2D eigenvalue weighted by Gasteiger charge is 2.18. The number of nitrogens with one attached hydrogen (secondary N) is 1. The van der Waals surface area contributed by atoms with Gasteiger partial charge in [-0.05, 0) is 65.2 Å². The summed E-state index contributed by atoms with van der Waals surface area (Å²) in [5, 5.41) is 3.16. The summed E-state index contributed by atoms with van der Waals surface area (Å²) in [4.78, 5) is 24.0. The van der Waals surface area contributed by atoms with Gasteiger partial charge in [0.25, 0.3) is 5.56 Å². The topological polar surface area (TPSA) is 79.9 Å². The molecule has 0 fully saturated rings. The average Bonchev–Trinajstić information content (AvgIpc) is 3.40. The summed E-state index contributed by atoms with van der Waals surface area (Å²) in [7, 11) is 0. The molecule has 6 heteroatoms. The van der Waals surface area contributed by atoms with Crippen molar-refractivity contribution in [3.05, 3.63) is 143 Å². The van der Waals surface area contributed by atoms with Crippen molar-refractivity contribution in [1.29, 1.82) is 0 Å². The van der Waals surface area contributed by atoms with E-state index in [9.17, 15) is 4.79 Å². The van der Waals surface area contributed by atoms with Crippen molar-refractivity contribution >= 4 is 38.4 Å². The molecule has 0 aliphatic carbocycles. The molecule has 0 atom stereocenters. The third kappa shape index (κ3) is 5.41. The lowest BCUT2D eigenvalue weighted by Gasteiger charge is -2.26. The largest absolute Gasteiger partial charge is 0.363 e. The van der Waals surface area contributed by atoms with E-state index < -0.39 is 0 Å². The molecule has 2 aromatic heterocycles. The summed E-state index contributed by atoms with van der Waals surface area (Å²) in [5.74, 6) is 0. The smallest absolute Gasteiger partial charge is 0.275 e. The Morgan fingerprint density at radius 1 is 0.767 bits per heavy atom. The second kappa shape index (κ2) is 11.6. The number of aryl methyl sites for hydroxylation is 1. The molecule has 0 aliphatic rings. The van der Waals surface area contributed by atoms with Crippen LogP contribution in [0.5, 0.6) is 0 Å². The summed E-state index contributed by atoms with van der Waals surface area (Å²) in [6.45, 7) is 2.87. The van der Waals surface area contributed by atoms with Crippen LogP contribution in [0.1, 0.15) is 17.5 Å². The van der Waals surface area contributed by atoms with E-state index in [1.807, 2.05) is 42.5 Å². The van der Waals surface area contributed by atoms with Crippen molar-refractivity contribution in [3.8, 4) is 11.3 Å². The fourth-order valence-electron chi connectivity index (χ4n) is 5.92. The molecule has 7 rings (SSSR count). The normalized spacial score (nSPS) is 11.5. The minimum Gasteiger partial charge on any atom is -0.363 e. The Hall–Kier alpha value is -5.20. The highest BCUT2D eigenvalue weighted by atomic mass is 16.1. The van der Waals surface area contributed by atoms with Crippen molar-refractivity contribution in [3.63, 3.8) is 0 Å². The Morgan fingerprint density at radius 2 is 1.42 bits per heavy atom. The Kier molecular flexibility index (Phi) is 7.19. The van der Waals surface area contributed by atoms with Crippen LogP contribution in [0.15, 0.2) is 126 Å². The van der Waals surface area contributed by atoms with Crippen molar-refractivity contribution in [2.75, 3.05) is 11.4 Å². The summed E-state index contributed by atoms with van der Waals surface area (Å²) < 4.78 is 2.20. The van der Waals surface area contributed by atoms with Crippen LogP contribution in [-0.4, -0.2) is 21.1 Å². The molecule has 2 heterocycles. The van der Waals surface area contributed by atoms with Crippen molar-refractivity contribution in [2.45, 2.75) is 26.1 Å². The number of H-pyrrole nitrogens is 1. The Bertz CT molecular complexity index is 2060. The van der Waals surface area contributed by atoms with Gasteiger partial charge in [-0.25, -0.2) is 4.98 Å². The van der Waals surface area contributed by atoms with Crippen LogP contribution >= 0.6 is 0 Å². The van der Waals surface area contributed by atoms with Gasteiger partial charge < -0.3 is 20.2 Å². The first kappa shape index (κ1) is 26.7. The van der Waals surface area contributed by atoms with Gasteiger partial charge in [0, 0.05) is 48.0 Å². The number of aromatic nitrogens is 3. The standard InChI is InChI=1S/C37H33N5O/c38-18-9-19-41-25-32(36-37(43)40-34-21-29-15-8-7-14-28(29)20-33(34)39-36)31-22-30(16-17-35(31)41)42(23-26-10-3-1-4-11-26)24-27-12-5-2-6-13-27/h1-8,10-17,20-22,25H,9,18-19,23-24,38H2,(H,40,43). The van der Waals surface area contributed by atoms with Crippen molar-refractivity contribution in [1.82, 2.24) is 14.5 Å². The minimum atomic E-state index is -0.198. The van der Waals surface area contributed by atoms with Gasteiger partial charge in [-0.2, -0.15) is 0 Å². The highest BCUT2D eigenvalue weighted by Crippen LogP contribution is 2.33. The van der Waals surface area contributed by atoms with Crippen LogP contribution in [0.25, 0.3) is 44.0 Å². The third-order valence-corrected chi connectivity index (χ3v) is 8.08. The van der Waals surface area contributed by atoms with E-state index in [1.165, 1.54) is 11.1 Å². The molecule has 0 amide bonds. The Labute approximate surface area is 250 Å².